The van der Waals surface area contributed by atoms with E-state index in [1.165, 1.54) is 0 Å². The smallest absolute Gasteiger partial charge is 0.306 e. The number of hydrogen-bond donors (Lipinski definition) is 0. The Labute approximate surface area is 143 Å². The maximum Gasteiger partial charge on any atom is 0.306 e. The molecule has 1 saturated heterocycles. The average molecular weight is 333 g/mol. The lowest BCUT2D eigenvalue weighted by Crippen LogP contribution is -2.43. The Morgan fingerprint density at radius 2 is 1.88 bits per heavy atom. The molecule has 1 aromatic carbocycles. The molecule has 1 fully saturated rings. The lowest BCUT2D eigenvalue weighted by molar-refractivity contribution is -0.152. The molecule has 0 unspecified atom stereocenters. The second kappa shape index (κ2) is 9.42. The standard InChI is InChI=1S/C19H27NO4/c1-3-20(4-2)19(22)17-11-10-16(14-23-17)12-18(21)24-13-15-8-6-5-7-9-15/h5-9,16-17H,3-4,10-14H2,1-2H3/t16-,17-/m0/s1. The number of ether oxygens (including phenoxy) is 2. The predicted octanol–water partition coefficient (Wildman–Crippen LogP) is 2.78. The molecule has 132 valence electrons. The number of rotatable bonds is 7. The molecule has 0 bridgehead atoms. The van der Waals surface area contributed by atoms with Crippen molar-refractivity contribution in [2.45, 2.75) is 45.8 Å². The van der Waals surface area contributed by atoms with Crippen LogP contribution in [0.15, 0.2) is 30.3 Å². The van der Waals surface area contributed by atoms with Crippen molar-refractivity contribution in [1.29, 1.82) is 0 Å². The van der Waals surface area contributed by atoms with E-state index in [0.717, 1.165) is 12.0 Å². The summed E-state index contributed by atoms with van der Waals surface area (Å²) in [6, 6.07) is 9.64. The van der Waals surface area contributed by atoms with Gasteiger partial charge in [0.05, 0.1) is 13.0 Å². The van der Waals surface area contributed by atoms with Gasteiger partial charge in [0.25, 0.3) is 5.91 Å². The topological polar surface area (TPSA) is 55.8 Å². The SMILES string of the molecule is CCN(CC)C(=O)[C@@H]1CC[C@@H](CC(=O)OCc2ccccc2)CO1. The zero-order valence-corrected chi connectivity index (χ0v) is 14.6. The van der Waals surface area contributed by atoms with Crippen molar-refractivity contribution in [3.63, 3.8) is 0 Å². The van der Waals surface area contributed by atoms with Crippen LogP contribution in [0.25, 0.3) is 0 Å². The molecule has 2 rings (SSSR count). The molecule has 24 heavy (non-hydrogen) atoms. The summed E-state index contributed by atoms with van der Waals surface area (Å²) in [5, 5.41) is 0. The van der Waals surface area contributed by atoms with Gasteiger partial charge >= 0.3 is 5.97 Å². The van der Waals surface area contributed by atoms with Crippen molar-refractivity contribution in [3.05, 3.63) is 35.9 Å². The van der Waals surface area contributed by atoms with Gasteiger partial charge in [0.2, 0.25) is 0 Å². The van der Waals surface area contributed by atoms with Crippen LogP contribution in [0.2, 0.25) is 0 Å². The number of esters is 1. The van der Waals surface area contributed by atoms with Crippen LogP contribution in [-0.2, 0) is 25.7 Å². The van der Waals surface area contributed by atoms with Crippen molar-refractivity contribution in [2.24, 2.45) is 5.92 Å². The largest absolute Gasteiger partial charge is 0.461 e. The van der Waals surface area contributed by atoms with Crippen LogP contribution in [0.3, 0.4) is 0 Å². The van der Waals surface area contributed by atoms with E-state index in [1.807, 2.05) is 44.2 Å². The molecule has 0 aliphatic carbocycles. The van der Waals surface area contributed by atoms with Gasteiger partial charge in [-0.05, 0) is 38.2 Å². The van der Waals surface area contributed by atoms with Crippen LogP contribution in [0.4, 0.5) is 0 Å². The Balaban J connectivity index is 1.70. The van der Waals surface area contributed by atoms with Crippen LogP contribution in [-0.4, -0.2) is 42.6 Å². The number of hydrogen-bond acceptors (Lipinski definition) is 4. The lowest BCUT2D eigenvalue weighted by atomic mass is 9.95. The van der Waals surface area contributed by atoms with E-state index < -0.39 is 0 Å². The normalized spacial score (nSPS) is 20.4. The first-order valence-corrected chi connectivity index (χ1v) is 8.74. The summed E-state index contributed by atoms with van der Waals surface area (Å²) >= 11 is 0. The highest BCUT2D eigenvalue weighted by molar-refractivity contribution is 5.81. The molecule has 2 atom stereocenters. The molecule has 1 amide bonds. The zero-order chi connectivity index (χ0) is 17.4. The monoisotopic (exact) mass is 333 g/mol. The van der Waals surface area contributed by atoms with Gasteiger partial charge in [-0.25, -0.2) is 0 Å². The van der Waals surface area contributed by atoms with E-state index in [-0.39, 0.29) is 23.9 Å². The van der Waals surface area contributed by atoms with Gasteiger partial charge in [0.1, 0.15) is 12.7 Å². The highest BCUT2D eigenvalue weighted by Gasteiger charge is 2.30. The van der Waals surface area contributed by atoms with Crippen LogP contribution in [0, 0.1) is 5.92 Å². The molecule has 1 heterocycles. The van der Waals surface area contributed by atoms with Gasteiger partial charge in [-0.1, -0.05) is 30.3 Å². The van der Waals surface area contributed by atoms with Crippen molar-refractivity contribution in [3.8, 4) is 0 Å². The minimum atomic E-state index is -0.360. The minimum absolute atomic E-state index is 0.0603. The third-order valence-electron chi connectivity index (χ3n) is 4.42. The molecule has 5 heteroatoms. The van der Waals surface area contributed by atoms with Crippen LogP contribution in [0.5, 0.6) is 0 Å². The molecule has 0 aromatic heterocycles. The Morgan fingerprint density at radius 1 is 1.17 bits per heavy atom. The van der Waals surface area contributed by atoms with E-state index >= 15 is 0 Å². The molecule has 1 aliphatic rings. The highest BCUT2D eigenvalue weighted by Crippen LogP contribution is 2.23. The van der Waals surface area contributed by atoms with Gasteiger partial charge in [-0.3, -0.25) is 9.59 Å². The van der Waals surface area contributed by atoms with E-state index in [0.29, 0.717) is 39.1 Å². The maximum absolute atomic E-state index is 12.3. The van der Waals surface area contributed by atoms with Gasteiger partial charge in [0, 0.05) is 13.1 Å². The van der Waals surface area contributed by atoms with Gasteiger partial charge in [-0.15, -0.1) is 0 Å². The zero-order valence-electron chi connectivity index (χ0n) is 14.6. The minimum Gasteiger partial charge on any atom is -0.461 e. The third-order valence-corrected chi connectivity index (χ3v) is 4.42. The number of likely N-dealkylation sites (N-methyl/N-ethyl adjacent to an activating group) is 1. The highest BCUT2D eigenvalue weighted by atomic mass is 16.5. The number of carbonyl (C=O) groups is 2. The van der Waals surface area contributed by atoms with Crippen LogP contribution < -0.4 is 0 Å². The maximum atomic E-state index is 12.3. The summed E-state index contributed by atoms with van der Waals surface area (Å²) in [6.07, 6.45) is 1.48. The van der Waals surface area contributed by atoms with Crippen molar-refractivity contribution in [2.75, 3.05) is 19.7 Å². The first-order valence-electron chi connectivity index (χ1n) is 8.74. The summed E-state index contributed by atoms with van der Waals surface area (Å²) in [5.41, 5.74) is 0.982. The molecule has 5 nitrogen and oxygen atoms in total. The first kappa shape index (κ1) is 18.5. The fraction of sp³-hybridized carbons (Fsp3) is 0.579. The Morgan fingerprint density at radius 3 is 2.46 bits per heavy atom. The summed E-state index contributed by atoms with van der Waals surface area (Å²) in [7, 11) is 0. The summed E-state index contributed by atoms with van der Waals surface area (Å²) in [4.78, 5) is 26.0. The average Bonchev–Trinajstić information content (AvgIpc) is 2.62. The lowest BCUT2D eigenvalue weighted by Gasteiger charge is -2.31. The van der Waals surface area contributed by atoms with E-state index in [9.17, 15) is 9.59 Å². The molecule has 0 saturated carbocycles. The van der Waals surface area contributed by atoms with Crippen molar-refractivity contribution >= 4 is 11.9 Å². The molecular formula is C19H27NO4. The number of amides is 1. The van der Waals surface area contributed by atoms with Gasteiger partial charge in [-0.2, -0.15) is 0 Å². The van der Waals surface area contributed by atoms with Gasteiger partial charge in [0.15, 0.2) is 0 Å². The van der Waals surface area contributed by atoms with Crippen molar-refractivity contribution in [1.82, 2.24) is 4.90 Å². The number of carbonyl (C=O) groups excluding carboxylic acids is 2. The number of benzene rings is 1. The van der Waals surface area contributed by atoms with E-state index in [4.69, 9.17) is 9.47 Å². The quantitative estimate of drug-likeness (QED) is 0.720. The molecule has 1 aliphatic heterocycles. The molecule has 0 N–H and O–H groups in total. The second-order valence-electron chi connectivity index (χ2n) is 6.13. The molecule has 1 aromatic rings. The Bertz CT molecular complexity index is 519. The summed E-state index contributed by atoms with van der Waals surface area (Å²) in [6.45, 7) is 6.08. The fourth-order valence-corrected chi connectivity index (χ4v) is 2.93. The third kappa shape index (κ3) is 5.34. The van der Waals surface area contributed by atoms with Gasteiger partial charge < -0.3 is 14.4 Å². The Hall–Kier alpha value is -1.88. The first-order chi connectivity index (χ1) is 11.6. The fourth-order valence-electron chi connectivity index (χ4n) is 2.93. The molecule has 0 radical (unpaired) electrons. The second-order valence-corrected chi connectivity index (χ2v) is 6.13. The van der Waals surface area contributed by atoms with Crippen LogP contribution in [0.1, 0.15) is 38.7 Å². The number of nitrogens with zero attached hydrogens (tertiary/aromatic N) is 1. The summed E-state index contributed by atoms with van der Waals surface area (Å²) in [5.74, 6) is -0.0138. The predicted molar refractivity (Wildman–Crippen MR) is 91.2 cm³/mol. The molecule has 0 spiro atoms. The van der Waals surface area contributed by atoms with E-state index in [2.05, 4.69) is 0 Å². The molecular weight excluding hydrogens is 306 g/mol. The Kier molecular flexibility index (Phi) is 7.25. The van der Waals surface area contributed by atoms with Crippen LogP contribution >= 0.6 is 0 Å². The van der Waals surface area contributed by atoms with E-state index in [1.54, 1.807) is 4.90 Å². The van der Waals surface area contributed by atoms with Crippen molar-refractivity contribution < 1.29 is 19.1 Å². The summed E-state index contributed by atoms with van der Waals surface area (Å²) < 4.78 is 11.0.